The van der Waals surface area contributed by atoms with E-state index >= 15 is 0 Å². The lowest BCUT2D eigenvalue weighted by molar-refractivity contribution is -0.121. The standard InChI is InChI=1S/C17H24N6O/c1-3-4-5-17(24)19-11-10-18-15-8-9-16(23-22-15)21-14-7-6-13(2)12-20-14/h6-9,12H,3-5,10-11H2,1-2H3,(H,18,22)(H,19,24)(H,20,21,23). The van der Waals surface area contributed by atoms with E-state index in [4.69, 9.17) is 0 Å². The van der Waals surface area contributed by atoms with Gasteiger partial charge >= 0.3 is 0 Å². The Kier molecular flexibility index (Phi) is 6.94. The van der Waals surface area contributed by atoms with Gasteiger partial charge in [-0.05, 0) is 37.1 Å². The van der Waals surface area contributed by atoms with Crippen molar-refractivity contribution in [2.75, 3.05) is 23.7 Å². The number of pyridine rings is 1. The molecule has 24 heavy (non-hydrogen) atoms. The molecule has 2 rings (SSSR count). The molecule has 0 saturated carbocycles. The van der Waals surface area contributed by atoms with Crippen LogP contribution >= 0.6 is 0 Å². The van der Waals surface area contributed by atoms with Gasteiger partial charge in [-0.15, -0.1) is 10.2 Å². The third-order valence-corrected chi connectivity index (χ3v) is 3.34. The SMILES string of the molecule is CCCCC(=O)NCCNc1ccc(Nc2ccc(C)cn2)nn1. The van der Waals surface area contributed by atoms with Crippen molar-refractivity contribution in [3.8, 4) is 0 Å². The number of anilines is 3. The molecule has 128 valence electrons. The molecule has 0 spiro atoms. The number of nitrogens with zero attached hydrogens (tertiary/aromatic N) is 3. The number of nitrogens with one attached hydrogen (secondary N) is 3. The topological polar surface area (TPSA) is 91.8 Å². The lowest BCUT2D eigenvalue weighted by Gasteiger charge is -2.08. The van der Waals surface area contributed by atoms with Crippen LogP contribution in [0.4, 0.5) is 17.5 Å². The van der Waals surface area contributed by atoms with Crippen LogP contribution in [0, 0.1) is 6.92 Å². The Balaban J connectivity index is 1.72. The van der Waals surface area contributed by atoms with E-state index in [1.54, 1.807) is 6.20 Å². The Labute approximate surface area is 142 Å². The van der Waals surface area contributed by atoms with E-state index < -0.39 is 0 Å². The van der Waals surface area contributed by atoms with Crippen LogP contribution in [0.5, 0.6) is 0 Å². The average molecular weight is 328 g/mol. The summed E-state index contributed by atoms with van der Waals surface area (Å²) in [4.78, 5) is 15.7. The van der Waals surface area contributed by atoms with Gasteiger partial charge < -0.3 is 16.0 Å². The number of aryl methyl sites for hydroxylation is 1. The zero-order valence-electron chi connectivity index (χ0n) is 14.2. The number of hydrogen-bond donors (Lipinski definition) is 3. The van der Waals surface area contributed by atoms with Crippen molar-refractivity contribution < 1.29 is 4.79 Å². The molecular weight excluding hydrogens is 304 g/mol. The first-order chi connectivity index (χ1) is 11.7. The van der Waals surface area contributed by atoms with Crippen LogP contribution in [-0.4, -0.2) is 34.2 Å². The van der Waals surface area contributed by atoms with Crippen molar-refractivity contribution in [1.29, 1.82) is 0 Å². The molecule has 0 radical (unpaired) electrons. The van der Waals surface area contributed by atoms with Crippen molar-refractivity contribution in [3.05, 3.63) is 36.0 Å². The monoisotopic (exact) mass is 328 g/mol. The molecule has 0 aromatic carbocycles. The van der Waals surface area contributed by atoms with Gasteiger partial charge in [0.05, 0.1) is 0 Å². The lowest BCUT2D eigenvalue weighted by Crippen LogP contribution is -2.28. The lowest BCUT2D eigenvalue weighted by atomic mass is 10.2. The molecular formula is C17H24N6O. The molecule has 0 saturated heterocycles. The number of aromatic nitrogens is 3. The summed E-state index contributed by atoms with van der Waals surface area (Å²) in [6, 6.07) is 7.54. The number of carbonyl (C=O) groups excluding carboxylic acids is 1. The van der Waals surface area contributed by atoms with Crippen molar-refractivity contribution >= 4 is 23.4 Å². The van der Waals surface area contributed by atoms with Gasteiger partial charge in [0.2, 0.25) is 5.91 Å². The third kappa shape index (κ3) is 6.20. The van der Waals surface area contributed by atoms with Crippen LogP contribution in [0.2, 0.25) is 0 Å². The highest BCUT2D eigenvalue weighted by Gasteiger charge is 2.01. The Bertz CT molecular complexity index is 627. The molecule has 7 heteroatoms. The van der Waals surface area contributed by atoms with Crippen molar-refractivity contribution in [2.45, 2.75) is 33.1 Å². The number of amides is 1. The maximum Gasteiger partial charge on any atom is 0.220 e. The fourth-order valence-electron chi connectivity index (χ4n) is 1.98. The van der Waals surface area contributed by atoms with Gasteiger partial charge in [0.15, 0.2) is 5.82 Å². The Morgan fingerprint density at radius 1 is 1.04 bits per heavy atom. The first kappa shape index (κ1) is 17.7. The highest BCUT2D eigenvalue weighted by molar-refractivity contribution is 5.75. The maximum atomic E-state index is 11.5. The molecule has 0 unspecified atom stereocenters. The molecule has 2 heterocycles. The minimum absolute atomic E-state index is 0.0925. The predicted molar refractivity (Wildman–Crippen MR) is 95.3 cm³/mol. The summed E-state index contributed by atoms with van der Waals surface area (Å²) < 4.78 is 0. The Morgan fingerprint density at radius 2 is 1.79 bits per heavy atom. The summed E-state index contributed by atoms with van der Waals surface area (Å²) in [6.45, 7) is 5.24. The van der Waals surface area contributed by atoms with Crippen LogP contribution in [0.3, 0.4) is 0 Å². The van der Waals surface area contributed by atoms with Crippen LogP contribution in [0.15, 0.2) is 30.5 Å². The Morgan fingerprint density at radius 3 is 2.46 bits per heavy atom. The van der Waals surface area contributed by atoms with Gasteiger partial charge in [-0.3, -0.25) is 4.79 Å². The van der Waals surface area contributed by atoms with E-state index in [0.717, 1.165) is 24.2 Å². The number of rotatable bonds is 9. The Hall–Kier alpha value is -2.70. The molecule has 1 amide bonds. The van der Waals surface area contributed by atoms with E-state index in [0.29, 0.717) is 31.1 Å². The zero-order valence-corrected chi connectivity index (χ0v) is 14.2. The van der Waals surface area contributed by atoms with E-state index in [-0.39, 0.29) is 5.91 Å². The molecule has 2 aromatic heterocycles. The molecule has 0 bridgehead atoms. The second kappa shape index (κ2) is 9.44. The van der Waals surface area contributed by atoms with E-state index in [9.17, 15) is 4.79 Å². The van der Waals surface area contributed by atoms with Crippen molar-refractivity contribution in [3.63, 3.8) is 0 Å². The van der Waals surface area contributed by atoms with Crippen LogP contribution in [-0.2, 0) is 4.79 Å². The summed E-state index contributed by atoms with van der Waals surface area (Å²) in [5.74, 6) is 2.12. The largest absolute Gasteiger partial charge is 0.367 e. The summed E-state index contributed by atoms with van der Waals surface area (Å²) in [7, 11) is 0. The fourth-order valence-corrected chi connectivity index (χ4v) is 1.98. The third-order valence-electron chi connectivity index (χ3n) is 3.34. The van der Waals surface area contributed by atoms with Gasteiger partial charge in [0.1, 0.15) is 11.6 Å². The quantitative estimate of drug-likeness (QED) is 0.613. The highest BCUT2D eigenvalue weighted by atomic mass is 16.1. The second-order valence-electron chi connectivity index (χ2n) is 5.53. The maximum absolute atomic E-state index is 11.5. The summed E-state index contributed by atoms with van der Waals surface area (Å²) in [5.41, 5.74) is 1.10. The minimum atomic E-state index is 0.0925. The molecule has 0 aliphatic heterocycles. The normalized spacial score (nSPS) is 10.2. The van der Waals surface area contributed by atoms with E-state index in [1.807, 2.05) is 31.2 Å². The molecule has 3 N–H and O–H groups in total. The highest BCUT2D eigenvalue weighted by Crippen LogP contribution is 2.12. The summed E-state index contributed by atoms with van der Waals surface area (Å²) in [6.07, 6.45) is 4.33. The fraction of sp³-hybridized carbons (Fsp3) is 0.412. The first-order valence-corrected chi connectivity index (χ1v) is 8.21. The predicted octanol–water partition coefficient (Wildman–Crippen LogP) is 2.64. The van der Waals surface area contributed by atoms with Gasteiger partial charge in [0.25, 0.3) is 0 Å². The average Bonchev–Trinajstić information content (AvgIpc) is 2.60. The minimum Gasteiger partial charge on any atom is -0.367 e. The van der Waals surface area contributed by atoms with Crippen LogP contribution < -0.4 is 16.0 Å². The molecule has 2 aromatic rings. The van der Waals surface area contributed by atoms with Crippen molar-refractivity contribution in [1.82, 2.24) is 20.5 Å². The molecule has 0 aliphatic rings. The van der Waals surface area contributed by atoms with Crippen LogP contribution in [0.1, 0.15) is 31.7 Å². The molecule has 0 aliphatic carbocycles. The smallest absolute Gasteiger partial charge is 0.220 e. The molecule has 7 nitrogen and oxygen atoms in total. The number of unbranched alkanes of at least 4 members (excludes halogenated alkanes) is 1. The van der Waals surface area contributed by atoms with E-state index in [1.165, 1.54) is 0 Å². The van der Waals surface area contributed by atoms with Crippen molar-refractivity contribution in [2.24, 2.45) is 0 Å². The van der Waals surface area contributed by atoms with Gasteiger partial charge in [0, 0.05) is 25.7 Å². The zero-order chi connectivity index (χ0) is 17.2. The van der Waals surface area contributed by atoms with Gasteiger partial charge in [-0.1, -0.05) is 19.4 Å². The summed E-state index contributed by atoms with van der Waals surface area (Å²) in [5, 5.41) is 17.3. The molecule has 0 atom stereocenters. The first-order valence-electron chi connectivity index (χ1n) is 8.21. The second-order valence-corrected chi connectivity index (χ2v) is 5.53. The van der Waals surface area contributed by atoms with E-state index in [2.05, 4.69) is 38.1 Å². The van der Waals surface area contributed by atoms with Crippen LogP contribution in [0.25, 0.3) is 0 Å². The molecule has 0 fully saturated rings. The number of hydrogen-bond acceptors (Lipinski definition) is 6. The summed E-state index contributed by atoms with van der Waals surface area (Å²) >= 11 is 0. The van der Waals surface area contributed by atoms with Gasteiger partial charge in [-0.2, -0.15) is 0 Å². The van der Waals surface area contributed by atoms with Gasteiger partial charge in [-0.25, -0.2) is 4.98 Å². The number of carbonyl (C=O) groups is 1.